The van der Waals surface area contributed by atoms with E-state index in [4.69, 9.17) is 22.1 Å². The lowest BCUT2D eigenvalue weighted by Gasteiger charge is -2.05. The normalized spacial score (nSPS) is 10.2. The number of allylic oxidation sites excluding steroid dienone is 1. The lowest BCUT2D eigenvalue weighted by atomic mass is 10.1. The highest BCUT2D eigenvalue weighted by atomic mass is 35.5. The maximum Gasteiger partial charge on any atom is 0.186 e. The zero-order valence-corrected chi connectivity index (χ0v) is 17.1. The molecule has 0 aliphatic carbocycles. The Labute approximate surface area is 175 Å². The molecule has 0 aliphatic heterocycles. The minimum atomic E-state index is 0.00557. The SMILES string of the molecule is CS/C=C\C(=O)c1ccc(Cl)cc1.Nc1ccc(OCc2ccccc2)cc1. The number of nitrogens with two attached hydrogens (primary N) is 1. The topological polar surface area (TPSA) is 52.3 Å². The minimum Gasteiger partial charge on any atom is -0.489 e. The molecule has 3 aromatic rings. The number of benzene rings is 3. The molecule has 0 aliphatic rings. The third-order valence-corrected chi connectivity index (χ3v) is 4.27. The first kappa shape index (κ1) is 21.6. The Hall–Kier alpha value is -2.69. The third-order valence-electron chi connectivity index (χ3n) is 3.61. The minimum absolute atomic E-state index is 0.00557. The number of carbonyl (C=O) groups is 1. The van der Waals surface area contributed by atoms with Gasteiger partial charge in [0.2, 0.25) is 0 Å². The molecule has 0 heterocycles. The van der Waals surface area contributed by atoms with E-state index in [2.05, 4.69) is 0 Å². The summed E-state index contributed by atoms with van der Waals surface area (Å²) in [4.78, 5) is 11.4. The Bertz CT molecular complexity index is 879. The summed E-state index contributed by atoms with van der Waals surface area (Å²) in [5.41, 5.74) is 8.15. The van der Waals surface area contributed by atoms with Crippen LogP contribution >= 0.6 is 23.4 Å². The van der Waals surface area contributed by atoms with Gasteiger partial charge < -0.3 is 10.5 Å². The fourth-order valence-electron chi connectivity index (χ4n) is 2.15. The van der Waals surface area contributed by atoms with Crippen molar-refractivity contribution in [2.24, 2.45) is 0 Å². The van der Waals surface area contributed by atoms with E-state index in [1.165, 1.54) is 11.8 Å². The average molecular weight is 412 g/mol. The molecule has 0 saturated heterocycles. The number of halogens is 1. The van der Waals surface area contributed by atoms with Crippen LogP contribution in [0.2, 0.25) is 5.02 Å². The van der Waals surface area contributed by atoms with Gasteiger partial charge in [0.15, 0.2) is 5.78 Å². The maximum absolute atomic E-state index is 11.4. The maximum atomic E-state index is 11.4. The summed E-state index contributed by atoms with van der Waals surface area (Å²) >= 11 is 7.19. The predicted molar refractivity (Wildman–Crippen MR) is 120 cm³/mol. The van der Waals surface area contributed by atoms with E-state index in [1.807, 2.05) is 60.9 Å². The fraction of sp³-hybridized carbons (Fsp3) is 0.0870. The predicted octanol–water partition coefficient (Wildman–Crippen LogP) is 6.25. The van der Waals surface area contributed by atoms with Crippen LogP contribution in [0, 0.1) is 0 Å². The van der Waals surface area contributed by atoms with Crippen molar-refractivity contribution in [1.29, 1.82) is 0 Å². The number of hydrogen-bond acceptors (Lipinski definition) is 4. The van der Waals surface area contributed by atoms with Crippen molar-refractivity contribution in [2.75, 3.05) is 12.0 Å². The highest BCUT2D eigenvalue weighted by molar-refractivity contribution is 8.01. The molecular formula is C23H22ClNO2S. The summed E-state index contributed by atoms with van der Waals surface area (Å²) in [5, 5.41) is 2.40. The van der Waals surface area contributed by atoms with Crippen LogP contribution in [0.1, 0.15) is 15.9 Å². The molecule has 5 heteroatoms. The monoisotopic (exact) mass is 411 g/mol. The van der Waals surface area contributed by atoms with Crippen LogP contribution in [-0.2, 0) is 6.61 Å². The molecular weight excluding hydrogens is 390 g/mol. The quantitative estimate of drug-likeness (QED) is 0.296. The molecule has 0 aromatic heterocycles. The molecule has 0 atom stereocenters. The Kier molecular flexibility index (Phi) is 9.19. The molecule has 0 unspecified atom stereocenters. The Balaban J connectivity index is 0.000000203. The number of carbonyl (C=O) groups excluding carboxylic acids is 1. The van der Waals surface area contributed by atoms with Crippen LogP contribution in [0.3, 0.4) is 0 Å². The van der Waals surface area contributed by atoms with Crippen molar-refractivity contribution in [1.82, 2.24) is 0 Å². The highest BCUT2D eigenvalue weighted by Gasteiger charge is 1.99. The number of rotatable bonds is 6. The van der Waals surface area contributed by atoms with Crippen LogP contribution in [-0.4, -0.2) is 12.0 Å². The second kappa shape index (κ2) is 11.9. The van der Waals surface area contributed by atoms with E-state index in [-0.39, 0.29) is 5.78 Å². The molecule has 0 spiro atoms. The Morgan fingerprint density at radius 2 is 1.64 bits per heavy atom. The molecule has 0 saturated carbocycles. The van der Waals surface area contributed by atoms with Gasteiger partial charge in [-0.1, -0.05) is 41.9 Å². The van der Waals surface area contributed by atoms with Gasteiger partial charge in [-0.3, -0.25) is 4.79 Å². The van der Waals surface area contributed by atoms with Gasteiger partial charge in [-0.15, -0.1) is 11.8 Å². The smallest absolute Gasteiger partial charge is 0.186 e. The molecule has 2 N–H and O–H groups in total. The van der Waals surface area contributed by atoms with Crippen LogP contribution in [0.5, 0.6) is 5.75 Å². The average Bonchev–Trinajstić information content (AvgIpc) is 2.73. The largest absolute Gasteiger partial charge is 0.489 e. The molecule has 0 amide bonds. The van der Waals surface area contributed by atoms with Crippen molar-refractivity contribution in [3.8, 4) is 5.75 Å². The summed E-state index contributed by atoms with van der Waals surface area (Å²) in [6, 6.07) is 24.3. The van der Waals surface area contributed by atoms with E-state index in [1.54, 1.807) is 35.7 Å². The van der Waals surface area contributed by atoms with Crippen molar-refractivity contribution < 1.29 is 9.53 Å². The van der Waals surface area contributed by atoms with Crippen molar-refractivity contribution in [2.45, 2.75) is 6.61 Å². The van der Waals surface area contributed by atoms with Crippen molar-refractivity contribution in [3.05, 3.63) is 106 Å². The first-order chi connectivity index (χ1) is 13.6. The van der Waals surface area contributed by atoms with Gasteiger partial charge >= 0.3 is 0 Å². The van der Waals surface area contributed by atoms with E-state index in [0.29, 0.717) is 17.2 Å². The van der Waals surface area contributed by atoms with Crippen LogP contribution in [0.15, 0.2) is 90.3 Å². The molecule has 0 fully saturated rings. The Morgan fingerprint density at radius 3 is 2.25 bits per heavy atom. The lowest BCUT2D eigenvalue weighted by Crippen LogP contribution is -1.95. The molecule has 0 bridgehead atoms. The standard InChI is InChI=1S/C13H13NO.C10H9ClOS/c14-12-6-8-13(9-7-12)15-10-11-4-2-1-3-5-11;1-13-7-6-10(12)8-2-4-9(11)5-3-8/h1-9H,10,14H2;2-7H,1H3/b;7-6-. The molecule has 3 aromatic carbocycles. The van der Waals surface area contributed by atoms with Gasteiger partial charge in [-0.05, 0) is 71.8 Å². The second-order valence-electron chi connectivity index (χ2n) is 5.75. The first-order valence-corrected chi connectivity index (χ1v) is 10.3. The van der Waals surface area contributed by atoms with Gasteiger partial charge in [-0.25, -0.2) is 0 Å². The van der Waals surface area contributed by atoms with E-state index in [0.717, 1.165) is 17.0 Å². The molecule has 0 radical (unpaired) electrons. The molecule has 3 nitrogen and oxygen atoms in total. The fourth-order valence-corrected chi connectivity index (χ4v) is 2.53. The zero-order chi connectivity index (χ0) is 20.2. The summed E-state index contributed by atoms with van der Waals surface area (Å²) in [5.74, 6) is 0.846. The van der Waals surface area contributed by atoms with Crippen LogP contribution < -0.4 is 10.5 Å². The second-order valence-corrected chi connectivity index (χ2v) is 6.93. The number of ether oxygens (including phenoxy) is 1. The van der Waals surface area contributed by atoms with Gasteiger partial charge in [0.1, 0.15) is 12.4 Å². The van der Waals surface area contributed by atoms with Crippen molar-refractivity contribution >= 4 is 34.8 Å². The number of ketones is 1. The number of nitrogen functional groups attached to an aromatic ring is 1. The number of anilines is 1. The summed E-state index contributed by atoms with van der Waals surface area (Å²) < 4.78 is 5.59. The van der Waals surface area contributed by atoms with Crippen molar-refractivity contribution in [3.63, 3.8) is 0 Å². The van der Waals surface area contributed by atoms with Gasteiger partial charge in [-0.2, -0.15) is 0 Å². The van der Waals surface area contributed by atoms with E-state index >= 15 is 0 Å². The number of hydrogen-bond donors (Lipinski definition) is 1. The van der Waals surface area contributed by atoms with E-state index < -0.39 is 0 Å². The highest BCUT2D eigenvalue weighted by Crippen LogP contribution is 2.15. The number of thioether (sulfide) groups is 1. The zero-order valence-electron chi connectivity index (χ0n) is 15.5. The summed E-state index contributed by atoms with van der Waals surface area (Å²) in [6.45, 7) is 0.588. The van der Waals surface area contributed by atoms with Crippen LogP contribution in [0.25, 0.3) is 0 Å². The van der Waals surface area contributed by atoms with E-state index in [9.17, 15) is 4.79 Å². The Morgan fingerprint density at radius 1 is 1.00 bits per heavy atom. The molecule has 28 heavy (non-hydrogen) atoms. The molecule has 3 rings (SSSR count). The third kappa shape index (κ3) is 7.91. The van der Waals surface area contributed by atoms with Crippen LogP contribution in [0.4, 0.5) is 5.69 Å². The molecule has 144 valence electrons. The van der Waals surface area contributed by atoms with Gasteiger partial charge in [0.25, 0.3) is 0 Å². The lowest BCUT2D eigenvalue weighted by molar-refractivity contribution is 0.104. The van der Waals surface area contributed by atoms with Gasteiger partial charge in [0, 0.05) is 16.3 Å². The van der Waals surface area contributed by atoms with Gasteiger partial charge in [0.05, 0.1) is 0 Å². The summed E-state index contributed by atoms with van der Waals surface area (Å²) in [7, 11) is 0. The summed E-state index contributed by atoms with van der Waals surface area (Å²) in [6.07, 6.45) is 3.46. The first-order valence-electron chi connectivity index (χ1n) is 8.60.